The molecule has 1 rings (SSSR count). The van der Waals surface area contributed by atoms with Gasteiger partial charge in [0.25, 0.3) is 0 Å². The van der Waals surface area contributed by atoms with Crippen molar-refractivity contribution in [2.75, 3.05) is 0 Å². The molecule has 0 aliphatic heterocycles. The Kier molecular flexibility index (Phi) is 2.26. The summed E-state index contributed by atoms with van der Waals surface area (Å²) < 4.78 is 37.2. The molecule has 6 heteroatoms. The highest BCUT2D eigenvalue weighted by molar-refractivity contribution is 6.66. The van der Waals surface area contributed by atoms with Crippen LogP contribution in [0.5, 0.6) is 0 Å². The van der Waals surface area contributed by atoms with Crippen LogP contribution in [0.3, 0.4) is 0 Å². The third kappa shape index (κ3) is 2.15. The Bertz CT molecular complexity index is 265. The first-order chi connectivity index (χ1) is 5.50. The van der Waals surface area contributed by atoms with Crippen molar-refractivity contribution in [3.8, 4) is 0 Å². The van der Waals surface area contributed by atoms with Crippen molar-refractivity contribution in [2.45, 2.75) is 6.54 Å². The molecule has 1 heterocycles. The fourth-order valence-electron chi connectivity index (χ4n) is 0.718. The Morgan fingerprint density at radius 2 is 2.17 bits per heavy atom. The Labute approximate surface area is 67.8 Å². The molecule has 0 saturated carbocycles. The van der Waals surface area contributed by atoms with Crippen LogP contribution in [0.2, 0.25) is 0 Å². The van der Waals surface area contributed by atoms with Crippen molar-refractivity contribution >= 4 is 6.98 Å². The quantitative estimate of drug-likeness (QED) is 0.640. The fraction of sp³-hybridized carbons (Fsp3) is 0.167. The van der Waals surface area contributed by atoms with Crippen molar-refractivity contribution in [3.63, 3.8) is 0 Å². The second kappa shape index (κ2) is 3.04. The molecule has 1 aromatic rings. The van der Waals surface area contributed by atoms with E-state index in [2.05, 4.69) is 11.6 Å². The lowest BCUT2D eigenvalue weighted by atomic mass is 9.80. The molecule has 66 valence electrons. The fourth-order valence-corrected chi connectivity index (χ4v) is 0.718. The van der Waals surface area contributed by atoms with Crippen molar-refractivity contribution < 1.29 is 12.9 Å². The van der Waals surface area contributed by atoms with Crippen LogP contribution in [0.1, 0.15) is 0 Å². The number of rotatable bonds is 3. The number of imidazole rings is 1. The highest BCUT2D eigenvalue weighted by Gasteiger charge is 2.26. The van der Waals surface area contributed by atoms with E-state index < -0.39 is 12.4 Å². The largest absolute Gasteiger partial charge is 0.506 e. The van der Waals surface area contributed by atoms with Crippen molar-refractivity contribution in [1.29, 1.82) is 0 Å². The molecule has 0 saturated heterocycles. The SMILES string of the molecule is C=C(Cn1ccnc1)[B-](F)(F)F. The molecule has 0 radical (unpaired) electrons. The lowest BCUT2D eigenvalue weighted by molar-refractivity contribution is 0.482. The molecule has 0 atom stereocenters. The van der Waals surface area contributed by atoms with Crippen LogP contribution in [0, 0.1) is 0 Å². The average molecular weight is 175 g/mol. The molecule has 0 aliphatic carbocycles. The summed E-state index contributed by atoms with van der Waals surface area (Å²) in [5.74, 6) is 0. The Balaban J connectivity index is 2.60. The zero-order valence-corrected chi connectivity index (χ0v) is 6.25. The molecule has 0 unspecified atom stereocenters. The van der Waals surface area contributed by atoms with Gasteiger partial charge in [-0.3, -0.25) is 0 Å². The summed E-state index contributed by atoms with van der Waals surface area (Å²) in [6.45, 7) is -2.20. The number of nitrogens with zero attached hydrogens (tertiary/aromatic N) is 2. The molecule has 0 bridgehead atoms. The number of halogens is 3. The van der Waals surface area contributed by atoms with Crippen LogP contribution in [-0.4, -0.2) is 16.5 Å². The van der Waals surface area contributed by atoms with Crippen LogP contribution in [-0.2, 0) is 6.54 Å². The van der Waals surface area contributed by atoms with Gasteiger partial charge in [-0.1, -0.05) is 0 Å². The summed E-state index contributed by atoms with van der Waals surface area (Å²) >= 11 is 0. The maximum atomic E-state index is 12.0. The first-order valence-electron chi connectivity index (χ1n) is 3.33. The molecular formula is C6H7BF3N2-. The smallest absolute Gasteiger partial charge is 0.445 e. The average Bonchev–Trinajstić information content (AvgIpc) is 2.37. The monoisotopic (exact) mass is 175 g/mol. The van der Waals surface area contributed by atoms with Crippen molar-refractivity contribution in [3.05, 3.63) is 30.8 Å². The van der Waals surface area contributed by atoms with Crippen LogP contribution >= 0.6 is 0 Å². The highest BCUT2D eigenvalue weighted by atomic mass is 19.4. The number of hydrogen-bond donors (Lipinski definition) is 0. The van der Waals surface area contributed by atoms with Gasteiger partial charge in [-0.25, -0.2) is 4.98 Å². The standard InChI is InChI=1S/C6H7BF3N2/c1-6(7(8,9)10)4-12-3-2-11-5-12/h2-3,5H,1,4H2/q-1. The summed E-state index contributed by atoms with van der Waals surface area (Å²) in [5.41, 5.74) is -0.715. The lowest BCUT2D eigenvalue weighted by Gasteiger charge is -2.17. The van der Waals surface area contributed by atoms with E-state index in [4.69, 9.17) is 0 Å². The Hall–Kier alpha value is -1.20. The predicted octanol–water partition coefficient (Wildman–Crippen LogP) is 1.83. The molecule has 0 N–H and O–H groups in total. The zero-order chi connectivity index (χ0) is 9.19. The van der Waals surface area contributed by atoms with E-state index in [-0.39, 0.29) is 6.54 Å². The molecule has 1 aromatic heterocycles. The zero-order valence-electron chi connectivity index (χ0n) is 6.25. The van der Waals surface area contributed by atoms with E-state index in [9.17, 15) is 12.9 Å². The first kappa shape index (κ1) is 8.90. The molecule has 0 spiro atoms. The minimum atomic E-state index is -4.92. The topological polar surface area (TPSA) is 17.8 Å². The maximum absolute atomic E-state index is 12.0. The van der Waals surface area contributed by atoms with Gasteiger partial charge >= 0.3 is 6.98 Å². The van der Waals surface area contributed by atoms with Gasteiger partial charge in [0.1, 0.15) is 0 Å². The van der Waals surface area contributed by atoms with E-state index in [0.29, 0.717) is 0 Å². The molecule has 2 nitrogen and oxygen atoms in total. The van der Waals surface area contributed by atoms with Gasteiger partial charge in [0.15, 0.2) is 0 Å². The second-order valence-corrected chi connectivity index (χ2v) is 2.47. The van der Waals surface area contributed by atoms with E-state index in [1.165, 1.54) is 23.3 Å². The second-order valence-electron chi connectivity index (χ2n) is 2.47. The number of hydrogen-bond acceptors (Lipinski definition) is 1. The third-order valence-electron chi connectivity index (χ3n) is 1.41. The van der Waals surface area contributed by atoms with E-state index in [0.717, 1.165) is 0 Å². The van der Waals surface area contributed by atoms with Crippen LogP contribution < -0.4 is 0 Å². The van der Waals surface area contributed by atoms with E-state index in [1.807, 2.05) is 0 Å². The van der Waals surface area contributed by atoms with Crippen LogP contribution in [0.4, 0.5) is 12.9 Å². The van der Waals surface area contributed by atoms with Gasteiger partial charge in [0, 0.05) is 18.9 Å². The third-order valence-corrected chi connectivity index (χ3v) is 1.41. The minimum absolute atomic E-state index is 0.233. The molecule has 0 amide bonds. The first-order valence-corrected chi connectivity index (χ1v) is 3.33. The Morgan fingerprint density at radius 1 is 1.50 bits per heavy atom. The summed E-state index contributed by atoms with van der Waals surface area (Å²) in [6, 6.07) is 0. The van der Waals surface area contributed by atoms with Crippen molar-refractivity contribution in [2.24, 2.45) is 0 Å². The molecule has 0 aromatic carbocycles. The Morgan fingerprint density at radius 3 is 2.58 bits per heavy atom. The summed E-state index contributed by atoms with van der Waals surface area (Å²) in [7, 11) is 0. The molecule has 0 fully saturated rings. The maximum Gasteiger partial charge on any atom is 0.506 e. The molecular weight excluding hydrogens is 168 g/mol. The lowest BCUT2D eigenvalue weighted by Crippen LogP contribution is -2.21. The number of aromatic nitrogens is 2. The van der Waals surface area contributed by atoms with Gasteiger partial charge in [-0.15, -0.1) is 12.1 Å². The van der Waals surface area contributed by atoms with Gasteiger partial charge in [-0.05, 0) is 0 Å². The van der Waals surface area contributed by atoms with Crippen LogP contribution in [0.15, 0.2) is 30.8 Å². The predicted molar refractivity (Wildman–Crippen MR) is 40.4 cm³/mol. The molecule has 12 heavy (non-hydrogen) atoms. The van der Waals surface area contributed by atoms with Gasteiger partial charge in [0.2, 0.25) is 0 Å². The summed E-state index contributed by atoms with van der Waals surface area (Å²) in [4.78, 5) is 3.62. The minimum Gasteiger partial charge on any atom is -0.445 e. The molecule has 0 aliphatic rings. The van der Waals surface area contributed by atoms with E-state index in [1.54, 1.807) is 0 Å². The number of allylic oxidation sites excluding steroid dienone is 1. The van der Waals surface area contributed by atoms with Gasteiger partial charge < -0.3 is 17.5 Å². The summed E-state index contributed by atoms with van der Waals surface area (Å²) in [6.07, 6.45) is 4.22. The van der Waals surface area contributed by atoms with Crippen LogP contribution in [0.25, 0.3) is 0 Å². The van der Waals surface area contributed by atoms with Gasteiger partial charge in [0.05, 0.1) is 6.33 Å². The van der Waals surface area contributed by atoms with Crippen molar-refractivity contribution in [1.82, 2.24) is 9.55 Å². The normalized spacial score (nSPS) is 11.6. The highest BCUT2D eigenvalue weighted by Crippen LogP contribution is 2.19. The van der Waals surface area contributed by atoms with Gasteiger partial charge in [-0.2, -0.15) is 0 Å². The summed E-state index contributed by atoms with van der Waals surface area (Å²) in [5, 5.41) is 0. The van der Waals surface area contributed by atoms with E-state index >= 15 is 0 Å².